The molecule has 152 valence electrons. The lowest BCUT2D eigenvalue weighted by Crippen LogP contribution is -2.50. The fraction of sp³-hybridized carbons (Fsp3) is 0.300. The van der Waals surface area contributed by atoms with E-state index >= 15 is 0 Å². The maximum atomic E-state index is 13.1. The van der Waals surface area contributed by atoms with Crippen LogP contribution in [0.4, 0.5) is 10.5 Å². The Hall–Kier alpha value is -3.07. The Kier molecular flexibility index (Phi) is 6.71. The molecule has 2 aromatic rings. The standard InChI is InChI=1S/C20H21N3O5S/c1-2-28-20(25)22-13-11-21(12-14-22)19(24)15-7-3-5-9-17(15)29-18-10-6-4-8-16(18)23(26)27/h3-10H,2,11-14H2,1H3. The van der Waals surface area contributed by atoms with Gasteiger partial charge in [0.1, 0.15) is 0 Å². The van der Waals surface area contributed by atoms with Gasteiger partial charge in [-0.15, -0.1) is 0 Å². The molecule has 1 fully saturated rings. The summed E-state index contributed by atoms with van der Waals surface area (Å²) in [5.41, 5.74) is 0.489. The van der Waals surface area contributed by atoms with Gasteiger partial charge in [-0.1, -0.05) is 36.0 Å². The molecular formula is C20H21N3O5S. The normalized spacial score (nSPS) is 13.8. The van der Waals surface area contributed by atoms with Crippen molar-refractivity contribution in [3.05, 3.63) is 64.2 Å². The summed E-state index contributed by atoms with van der Waals surface area (Å²) in [6.45, 7) is 3.69. The molecule has 0 bridgehead atoms. The molecule has 0 atom stereocenters. The largest absolute Gasteiger partial charge is 0.450 e. The molecule has 1 aliphatic heterocycles. The van der Waals surface area contributed by atoms with Crippen LogP contribution in [0.25, 0.3) is 0 Å². The van der Waals surface area contributed by atoms with Crippen LogP contribution in [0.2, 0.25) is 0 Å². The molecular weight excluding hydrogens is 394 g/mol. The third-order valence-electron chi connectivity index (χ3n) is 4.49. The van der Waals surface area contributed by atoms with Crippen LogP contribution in [0.5, 0.6) is 0 Å². The van der Waals surface area contributed by atoms with E-state index in [0.717, 1.165) is 0 Å². The van der Waals surface area contributed by atoms with Crippen LogP contribution in [-0.4, -0.2) is 59.5 Å². The van der Waals surface area contributed by atoms with E-state index in [0.29, 0.717) is 48.1 Å². The van der Waals surface area contributed by atoms with Gasteiger partial charge in [0.25, 0.3) is 11.6 Å². The summed E-state index contributed by atoms with van der Waals surface area (Å²) in [6.07, 6.45) is -0.369. The second kappa shape index (κ2) is 9.42. The molecule has 29 heavy (non-hydrogen) atoms. The van der Waals surface area contributed by atoms with Gasteiger partial charge in [0.15, 0.2) is 0 Å². The van der Waals surface area contributed by atoms with Crippen molar-refractivity contribution < 1.29 is 19.2 Å². The van der Waals surface area contributed by atoms with Gasteiger partial charge in [0.05, 0.1) is 22.0 Å². The Balaban J connectivity index is 1.75. The molecule has 1 saturated heterocycles. The lowest BCUT2D eigenvalue weighted by atomic mass is 10.2. The zero-order valence-corrected chi connectivity index (χ0v) is 16.8. The molecule has 8 nitrogen and oxygen atoms in total. The number of nitrogens with zero attached hydrogens (tertiary/aromatic N) is 3. The number of amides is 2. The number of benzene rings is 2. The van der Waals surface area contributed by atoms with Crippen molar-refractivity contribution in [3.63, 3.8) is 0 Å². The number of ether oxygens (including phenoxy) is 1. The van der Waals surface area contributed by atoms with Crippen molar-refractivity contribution in [3.8, 4) is 0 Å². The molecule has 1 heterocycles. The zero-order valence-electron chi connectivity index (χ0n) is 15.9. The van der Waals surface area contributed by atoms with Gasteiger partial charge in [-0.05, 0) is 25.1 Å². The summed E-state index contributed by atoms with van der Waals surface area (Å²) in [5, 5.41) is 11.3. The number of piperazine rings is 1. The first kappa shape index (κ1) is 20.7. The van der Waals surface area contributed by atoms with Gasteiger partial charge >= 0.3 is 6.09 Å². The van der Waals surface area contributed by atoms with E-state index in [1.807, 2.05) is 0 Å². The number of rotatable bonds is 5. The van der Waals surface area contributed by atoms with Gasteiger partial charge in [-0.25, -0.2) is 4.79 Å². The number of hydrogen-bond acceptors (Lipinski definition) is 6. The first-order valence-electron chi connectivity index (χ1n) is 9.22. The Morgan fingerprint density at radius 1 is 1.00 bits per heavy atom. The molecule has 0 aromatic heterocycles. The summed E-state index contributed by atoms with van der Waals surface area (Å²) >= 11 is 1.20. The fourth-order valence-electron chi connectivity index (χ4n) is 3.02. The average molecular weight is 415 g/mol. The molecule has 2 aromatic carbocycles. The lowest BCUT2D eigenvalue weighted by Gasteiger charge is -2.34. The maximum Gasteiger partial charge on any atom is 0.409 e. The van der Waals surface area contributed by atoms with E-state index < -0.39 is 4.92 Å². The minimum absolute atomic E-state index is 0.00260. The molecule has 0 saturated carbocycles. The molecule has 3 rings (SSSR count). The van der Waals surface area contributed by atoms with Crippen molar-refractivity contribution in [2.45, 2.75) is 16.7 Å². The highest BCUT2D eigenvalue weighted by molar-refractivity contribution is 7.99. The first-order chi connectivity index (χ1) is 14.0. The van der Waals surface area contributed by atoms with Crippen LogP contribution in [0.3, 0.4) is 0 Å². The molecule has 1 aliphatic rings. The Labute approximate surface area is 172 Å². The number of para-hydroxylation sites is 1. The zero-order chi connectivity index (χ0) is 20.8. The van der Waals surface area contributed by atoms with Gasteiger partial charge in [0, 0.05) is 37.1 Å². The van der Waals surface area contributed by atoms with E-state index in [1.165, 1.54) is 17.8 Å². The van der Waals surface area contributed by atoms with Crippen LogP contribution >= 0.6 is 11.8 Å². The smallest absolute Gasteiger partial charge is 0.409 e. The predicted octanol–water partition coefficient (Wildman–Crippen LogP) is 3.66. The van der Waals surface area contributed by atoms with Gasteiger partial charge in [-0.2, -0.15) is 0 Å². The third kappa shape index (κ3) is 4.86. The van der Waals surface area contributed by atoms with E-state index in [2.05, 4.69) is 0 Å². The molecule has 0 unspecified atom stereocenters. The highest BCUT2D eigenvalue weighted by Crippen LogP contribution is 2.36. The number of carbonyl (C=O) groups is 2. The Bertz CT molecular complexity index is 912. The van der Waals surface area contributed by atoms with Crippen LogP contribution < -0.4 is 0 Å². The lowest BCUT2D eigenvalue weighted by molar-refractivity contribution is -0.387. The van der Waals surface area contributed by atoms with Crippen LogP contribution in [0.15, 0.2) is 58.3 Å². The minimum Gasteiger partial charge on any atom is -0.450 e. The third-order valence-corrected chi connectivity index (χ3v) is 5.63. The highest BCUT2D eigenvalue weighted by Gasteiger charge is 2.27. The molecule has 0 radical (unpaired) electrons. The second-order valence-corrected chi connectivity index (χ2v) is 7.39. The number of carbonyl (C=O) groups excluding carboxylic acids is 2. The van der Waals surface area contributed by atoms with E-state index in [4.69, 9.17) is 4.74 Å². The van der Waals surface area contributed by atoms with Crippen molar-refractivity contribution in [2.75, 3.05) is 32.8 Å². The molecule has 9 heteroatoms. The Morgan fingerprint density at radius 3 is 2.24 bits per heavy atom. The van der Waals surface area contributed by atoms with Gasteiger partial charge in [0.2, 0.25) is 0 Å². The molecule has 0 spiro atoms. The number of nitro groups is 1. The highest BCUT2D eigenvalue weighted by atomic mass is 32.2. The summed E-state index contributed by atoms with van der Waals surface area (Å²) in [4.78, 5) is 40.2. The summed E-state index contributed by atoms with van der Waals surface area (Å²) < 4.78 is 5.00. The summed E-state index contributed by atoms with van der Waals surface area (Å²) in [5.74, 6) is -0.157. The van der Waals surface area contributed by atoms with E-state index in [9.17, 15) is 19.7 Å². The molecule has 2 amide bonds. The van der Waals surface area contributed by atoms with Crippen molar-refractivity contribution in [1.29, 1.82) is 0 Å². The van der Waals surface area contributed by atoms with Crippen molar-refractivity contribution in [2.24, 2.45) is 0 Å². The van der Waals surface area contributed by atoms with Gasteiger partial charge in [-0.3, -0.25) is 14.9 Å². The maximum absolute atomic E-state index is 13.1. The average Bonchev–Trinajstić information content (AvgIpc) is 2.74. The van der Waals surface area contributed by atoms with Crippen LogP contribution in [0.1, 0.15) is 17.3 Å². The van der Waals surface area contributed by atoms with Crippen molar-refractivity contribution >= 4 is 29.4 Å². The van der Waals surface area contributed by atoms with E-state index in [1.54, 1.807) is 59.2 Å². The van der Waals surface area contributed by atoms with Crippen LogP contribution in [0, 0.1) is 10.1 Å². The topological polar surface area (TPSA) is 93.0 Å². The van der Waals surface area contributed by atoms with E-state index in [-0.39, 0.29) is 17.7 Å². The predicted molar refractivity (Wildman–Crippen MR) is 108 cm³/mol. The van der Waals surface area contributed by atoms with Crippen LogP contribution in [-0.2, 0) is 4.74 Å². The fourth-order valence-corrected chi connectivity index (χ4v) is 4.06. The molecule has 0 aliphatic carbocycles. The SMILES string of the molecule is CCOC(=O)N1CCN(C(=O)c2ccccc2Sc2ccccc2[N+](=O)[O-])CC1. The van der Waals surface area contributed by atoms with Crippen molar-refractivity contribution in [1.82, 2.24) is 9.80 Å². The second-order valence-electron chi connectivity index (χ2n) is 6.30. The summed E-state index contributed by atoms with van der Waals surface area (Å²) in [7, 11) is 0. The summed E-state index contributed by atoms with van der Waals surface area (Å²) in [6, 6.07) is 13.5. The number of hydrogen-bond donors (Lipinski definition) is 0. The molecule has 0 N–H and O–H groups in total. The Morgan fingerprint density at radius 2 is 1.59 bits per heavy atom. The quantitative estimate of drug-likeness (QED) is 0.547. The monoisotopic (exact) mass is 415 g/mol. The minimum atomic E-state index is -0.429. The van der Waals surface area contributed by atoms with Gasteiger partial charge < -0.3 is 14.5 Å². The number of nitro benzene ring substituents is 1. The first-order valence-corrected chi connectivity index (χ1v) is 10.0.